The predicted octanol–water partition coefficient (Wildman–Crippen LogP) is 2.42. The van der Waals surface area contributed by atoms with Crippen LogP contribution in [0.25, 0.3) is 0 Å². The summed E-state index contributed by atoms with van der Waals surface area (Å²) < 4.78 is 6.35. The Morgan fingerprint density at radius 2 is 2.07 bits per heavy atom. The lowest BCUT2D eigenvalue weighted by Gasteiger charge is -2.13. The smallest absolute Gasteiger partial charge is 0.127 e. The number of aryl methyl sites for hydroxylation is 1. The van der Waals surface area contributed by atoms with Gasteiger partial charge in [0.15, 0.2) is 0 Å². The lowest BCUT2D eigenvalue weighted by molar-refractivity contribution is 0.0859. The molecule has 0 amide bonds. The van der Waals surface area contributed by atoms with Crippen LogP contribution in [0.2, 0.25) is 0 Å². The average Bonchev–Trinajstić information content (AvgIpc) is 2.19. The van der Waals surface area contributed by atoms with Crippen LogP contribution in [0.3, 0.4) is 0 Å². The van der Waals surface area contributed by atoms with Gasteiger partial charge in [0.25, 0.3) is 0 Å². The fourth-order valence-electron chi connectivity index (χ4n) is 1.31. The Morgan fingerprint density at radius 1 is 1.36 bits per heavy atom. The number of hydrogen-bond donors (Lipinski definition) is 1. The maximum atomic E-state index is 5.33. The van der Waals surface area contributed by atoms with Crippen LogP contribution in [0.1, 0.15) is 11.1 Å². The van der Waals surface area contributed by atoms with Gasteiger partial charge in [0.2, 0.25) is 0 Å². The summed E-state index contributed by atoms with van der Waals surface area (Å²) in [7, 11) is 3.27. The molecular formula is C10H14BrNO2. The van der Waals surface area contributed by atoms with E-state index in [-0.39, 0.29) is 0 Å². The highest BCUT2D eigenvalue weighted by molar-refractivity contribution is 9.10. The molecule has 1 rings (SSSR count). The second-order valence-electron chi connectivity index (χ2n) is 2.90. The second-order valence-corrected chi connectivity index (χ2v) is 3.76. The first-order valence-electron chi connectivity index (χ1n) is 4.28. The van der Waals surface area contributed by atoms with Crippen molar-refractivity contribution in [2.45, 2.75) is 13.5 Å². The summed E-state index contributed by atoms with van der Waals surface area (Å²) in [5.74, 6) is 0.893. The second kappa shape index (κ2) is 5.34. The molecule has 0 heterocycles. The van der Waals surface area contributed by atoms with Crippen LogP contribution in [0.15, 0.2) is 16.6 Å². The maximum Gasteiger partial charge on any atom is 0.127 e. The van der Waals surface area contributed by atoms with E-state index in [9.17, 15) is 0 Å². The molecule has 0 spiro atoms. The van der Waals surface area contributed by atoms with Crippen LogP contribution in [0.5, 0.6) is 5.75 Å². The molecule has 0 atom stereocenters. The summed E-state index contributed by atoms with van der Waals surface area (Å²) in [6.07, 6.45) is 0. The molecule has 0 unspecified atom stereocenters. The molecule has 0 saturated heterocycles. The number of benzene rings is 1. The van der Waals surface area contributed by atoms with E-state index in [1.54, 1.807) is 14.2 Å². The van der Waals surface area contributed by atoms with E-state index in [1.807, 2.05) is 19.1 Å². The highest BCUT2D eigenvalue weighted by Gasteiger charge is 2.09. The molecular weight excluding hydrogens is 246 g/mol. The molecule has 1 aromatic carbocycles. The van der Waals surface area contributed by atoms with Crippen molar-refractivity contribution in [2.24, 2.45) is 0 Å². The molecule has 3 nitrogen and oxygen atoms in total. The third-order valence-corrected chi connectivity index (χ3v) is 2.74. The Bertz CT molecular complexity index is 315. The first-order chi connectivity index (χ1) is 6.70. The van der Waals surface area contributed by atoms with E-state index >= 15 is 0 Å². The Labute approximate surface area is 92.5 Å². The van der Waals surface area contributed by atoms with Gasteiger partial charge in [-0.1, -0.05) is 22.0 Å². The number of methoxy groups -OCH3 is 1. The molecule has 0 aliphatic heterocycles. The summed E-state index contributed by atoms with van der Waals surface area (Å²) in [6.45, 7) is 2.63. The van der Waals surface area contributed by atoms with E-state index in [0.29, 0.717) is 6.54 Å². The molecule has 14 heavy (non-hydrogen) atoms. The highest BCUT2D eigenvalue weighted by Crippen LogP contribution is 2.29. The van der Waals surface area contributed by atoms with E-state index in [0.717, 1.165) is 21.3 Å². The van der Waals surface area contributed by atoms with Crippen molar-refractivity contribution in [3.8, 4) is 5.75 Å². The highest BCUT2D eigenvalue weighted by atomic mass is 79.9. The quantitative estimate of drug-likeness (QED) is 0.843. The summed E-state index contributed by atoms with van der Waals surface area (Å²) in [5, 5.41) is 0. The molecule has 0 saturated carbocycles. The van der Waals surface area contributed by atoms with Crippen molar-refractivity contribution >= 4 is 15.9 Å². The van der Waals surface area contributed by atoms with E-state index in [2.05, 4.69) is 21.4 Å². The maximum absolute atomic E-state index is 5.33. The third kappa shape index (κ3) is 2.47. The Balaban J connectivity index is 3.03. The molecule has 0 aliphatic carbocycles. The van der Waals surface area contributed by atoms with E-state index in [1.165, 1.54) is 0 Å². The summed E-state index contributed by atoms with van der Waals surface area (Å²) in [6, 6.07) is 4.02. The van der Waals surface area contributed by atoms with Gasteiger partial charge in [-0.15, -0.1) is 0 Å². The van der Waals surface area contributed by atoms with Gasteiger partial charge in [0.1, 0.15) is 5.75 Å². The van der Waals surface area contributed by atoms with Crippen molar-refractivity contribution in [1.82, 2.24) is 5.48 Å². The molecule has 1 aromatic rings. The van der Waals surface area contributed by atoms with Gasteiger partial charge in [-0.05, 0) is 18.6 Å². The van der Waals surface area contributed by atoms with Crippen molar-refractivity contribution in [1.29, 1.82) is 0 Å². The van der Waals surface area contributed by atoms with Gasteiger partial charge in [0.05, 0.1) is 20.8 Å². The molecule has 4 heteroatoms. The minimum atomic E-state index is 0.613. The number of halogens is 1. The fourth-order valence-corrected chi connectivity index (χ4v) is 1.77. The Morgan fingerprint density at radius 3 is 2.64 bits per heavy atom. The third-order valence-electron chi connectivity index (χ3n) is 2.00. The predicted molar refractivity (Wildman–Crippen MR) is 59.3 cm³/mol. The molecule has 0 aliphatic rings. The normalized spacial score (nSPS) is 10.3. The lowest BCUT2D eigenvalue weighted by Crippen LogP contribution is -2.12. The standard InChI is InChI=1S/C10H14BrNO2/c1-7-4-5-9(11)8(6-12-14-3)10(7)13-2/h4-5,12H,6H2,1-3H3. The molecule has 0 aromatic heterocycles. The molecule has 0 bridgehead atoms. The Kier molecular flexibility index (Phi) is 4.38. The Hall–Kier alpha value is -0.580. The number of hydrogen-bond acceptors (Lipinski definition) is 3. The summed E-state index contributed by atoms with van der Waals surface area (Å²) >= 11 is 3.48. The molecule has 0 radical (unpaired) electrons. The van der Waals surface area contributed by atoms with Gasteiger partial charge < -0.3 is 9.57 Å². The SMILES string of the molecule is CONCc1c(Br)ccc(C)c1OC. The van der Waals surface area contributed by atoms with Crippen molar-refractivity contribution in [2.75, 3.05) is 14.2 Å². The van der Waals surface area contributed by atoms with E-state index < -0.39 is 0 Å². The van der Waals surface area contributed by atoms with Crippen molar-refractivity contribution in [3.05, 3.63) is 27.7 Å². The topological polar surface area (TPSA) is 30.5 Å². The van der Waals surface area contributed by atoms with Gasteiger partial charge in [-0.2, -0.15) is 5.48 Å². The van der Waals surface area contributed by atoms with Gasteiger partial charge in [-0.25, -0.2) is 0 Å². The summed E-state index contributed by atoms with van der Waals surface area (Å²) in [4.78, 5) is 4.81. The minimum Gasteiger partial charge on any atom is -0.496 e. The lowest BCUT2D eigenvalue weighted by atomic mass is 10.1. The summed E-state index contributed by atoms with van der Waals surface area (Å²) in [5.41, 5.74) is 4.98. The first-order valence-corrected chi connectivity index (χ1v) is 5.07. The van der Waals surface area contributed by atoms with Crippen LogP contribution in [-0.2, 0) is 11.4 Å². The van der Waals surface area contributed by atoms with Crippen LogP contribution < -0.4 is 10.2 Å². The average molecular weight is 260 g/mol. The zero-order valence-corrected chi connectivity index (χ0v) is 10.1. The van der Waals surface area contributed by atoms with Crippen LogP contribution in [-0.4, -0.2) is 14.2 Å². The largest absolute Gasteiger partial charge is 0.496 e. The van der Waals surface area contributed by atoms with Gasteiger partial charge >= 0.3 is 0 Å². The molecule has 78 valence electrons. The zero-order chi connectivity index (χ0) is 10.6. The first kappa shape index (κ1) is 11.5. The van der Waals surface area contributed by atoms with Crippen molar-refractivity contribution in [3.63, 3.8) is 0 Å². The molecule has 0 fully saturated rings. The van der Waals surface area contributed by atoms with Gasteiger partial charge in [-0.3, -0.25) is 0 Å². The fraction of sp³-hybridized carbons (Fsp3) is 0.400. The van der Waals surface area contributed by atoms with Crippen LogP contribution in [0, 0.1) is 6.92 Å². The monoisotopic (exact) mass is 259 g/mol. The number of rotatable bonds is 4. The number of nitrogens with one attached hydrogen (secondary N) is 1. The number of hydroxylamine groups is 1. The molecule has 1 N–H and O–H groups in total. The van der Waals surface area contributed by atoms with Crippen molar-refractivity contribution < 1.29 is 9.57 Å². The minimum absolute atomic E-state index is 0.613. The van der Waals surface area contributed by atoms with Crippen LogP contribution in [0.4, 0.5) is 0 Å². The zero-order valence-electron chi connectivity index (χ0n) is 8.56. The van der Waals surface area contributed by atoms with E-state index in [4.69, 9.17) is 9.57 Å². The van der Waals surface area contributed by atoms with Crippen LogP contribution >= 0.6 is 15.9 Å². The van der Waals surface area contributed by atoms with Gasteiger partial charge in [0, 0.05) is 10.0 Å². The number of ether oxygens (including phenoxy) is 1.